The third kappa shape index (κ3) is 3.12. The second-order valence-electron chi connectivity index (χ2n) is 5.39. The fourth-order valence-corrected chi connectivity index (χ4v) is 2.74. The highest BCUT2D eigenvalue weighted by Gasteiger charge is 2.09. The Balaban J connectivity index is 1.67. The molecule has 2 heterocycles. The minimum Gasteiger partial charge on any atom is -0.497 e. The number of methoxy groups -OCH3 is 1. The highest BCUT2D eigenvalue weighted by molar-refractivity contribution is 5.86. The molecule has 3 rings (SSSR count). The maximum absolute atomic E-state index is 5.33. The van der Waals surface area contributed by atoms with Gasteiger partial charge in [0, 0.05) is 29.3 Å². The zero-order valence-corrected chi connectivity index (χ0v) is 13.0. The first-order chi connectivity index (χ1) is 10.8. The Morgan fingerprint density at radius 2 is 2.14 bits per heavy atom. The molecule has 3 aromatic rings. The molecule has 2 aromatic heterocycles. The molecule has 0 spiro atoms. The maximum Gasteiger partial charge on any atom is 0.119 e. The molecule has 0 unspecified atom stereocenters. The third-order valence-corrected chi connectivity index (χ3v) is 3.91. The number of H-pyrrole nitrogens is 1. The molecule has 1 aromatic carbocycles. The quantitative estimate of drug-likeness (QED) is 0.687. The van der Waals surface area contributed by atoms with Gasteiger partial charge in [-0.2, -0.15) is 0 Å². The van der Waals surface area contributed by atoms with Gasteiger partial charge in [-0.3, -0.25) is 4.98 Å². The molecule has 0 fully saturated rings. The van der Waals surface area contributed by atoms with Crippen molar-refractivity contribution in [3.63, 3.8) is 0 Å². The third-order valence-electron chi connectivity index (χ3n) is 3.91. The molecule has 22 heavy (non-hydrogen) atoms. The van der Waals surface area contributed by atoms with E-state index in [1.54, 1.807) is 7.11 Å². The summed E-state index contributed by atoms with van der Waals surface area (Å²) in [7, 11) is 1.70. The Kier molecular flexibility index (Phi) is 4.39. The van der Waals surface area contributed by atoms with Crippen molar-refractivity contribution in [2.24, 2.45) is 0 Å². The summed E-state index contributed by atoms with van der Waals surface area (Å²) in [5.41, 5.74) is 4.81. The number of nitrogens with one attached hydrogen (secondary N) is 2. The van der Waals surface area contributed by atoms with E-state index < -0.39 is 0 Å². The number of rotatable bonds is 6. The normalized spacial score (nSPS) is 11.0. The highest BCUT2D eigenvalue weighted by Crippen LogP contribution is 2.26. The highest BCUT2D eigenvalue weighted by atomic mass is 16.5. The molecular formula is C18H21N3O. The van der Waals surface area contributed by atoms with Crippen LogP contribution in [0.1, 0.15) is 17.0 Å². The second-order valence-corrected chi connectivity index (χ2v) is 5.39. The van der Waals surface area contributed by atoms with Gasteiger partial charge in [-0.25, -0.2) is 0 Å². The molecule has 0 aliphatic carbocycles. The lowest BCUT2D eigenvalue weighted by Gasteiger charge is -2.05. The van der Waals surface area contributed by atoms with Crippen molar-refractivity contribution in [2.45, 2.75) is 19.9 Å². The van der Waals surface area contributed by atoms with Crippen LogP contribution in [0.3, 0.4) is 0 Å². The summed E-state index contributed by atoms with van der Waals surface area (Å²) in [5, 5.41) is 4.70. The van der Waals surface area contributed by atoms with Gasteiger partial charge in [0.1, 0.15) is 5.75 Å². The van der Waals surface area contributed by atoms with Crippen molar-refractivity contribution in [3.8, 4) is 5.75 Å². The predicted octanol–water partition coefficient (Wildman–Crippen LogP) is 3.21. The monoisotopic (exact) mass is 295 g/mol. The first kappa shape index (κ1) is 14.6. The fourth-order valence-electron chi connectivity index (χ4n) is 2.74. The second kappa shape index (κ2) is 6.62. The molecular weight excluding hydrogens is 274 g/mol. The van der Waals surface area contributed by atoms with Crippen LogP contribution in [-0.2, 0) is 13.0 Å². The van der Waals surface area contributed by atoms with Gasteiger partial charge in [0.15, 0.2) is 0 Å². The molecule has 0 aliphatic rings. The summed E-state index contributed by atoms with van der Waals surface area (Å²) in [6, 6.07) is 12.2. The van der Waals surface area contributed by atoms with Gasteiger partial charge < -0.3 is 15.0 Å². The van der Waals surface area contributed by atoms with Crippen LogP contribution in [0.15, 0.2) is 42.6 Å². The van der Waals surface area contributed by atoms with Crippen LogP contribution >= 0.6 is 0 Å². The minimum absolute atomic E-state index is 0.797. The Labute approximate surface area is 130 Å². The van der Waals surface area contributed by atoms with E-state index in [1.807, 2.05) is 30.5 Å². The van der Waals surface area contributed by atoms with Crippen LogP contribution in [0, 0.1) is 6.92 Å². The molecule has 4 nitrogen and oxygen atoms in total. The van der Waals surface area contributed by atoms with Crippen LogP contribution in [0.4, 0.5) is 0 Å². The molecule has 2 N–H and O–H groups in total. The number of benzene rings is 1. The first-order valence-electron chi connectivity index (χ1n) is 7.54. The molecule has 0 bridgehead atoms. The summed E-state index contributed by atoms with van der Waals surface area (Å²) in [6.45, 7) is 3.84. The lowest BCUT2D eigenvalue weighted by Crippen LogP contribution is -2.17. The Bertz CT molecular complexity index is 750. The van der Waals surface area contributed by atoms with E-state index in [2.05, 4.69) is 34.3 Å². The Hall–Kier alpha value is -2.33. The summed E-state index contributed by atoms with van der Waals surface area (Å²) < 4.78 is 5.33. The van der Waals surface area contributed by atoms with Crippen molar-refractivity contribution in [3.05, 3.63) is 59.5 Å². The van der Waals surface area contributed by atoms with Gasteiger partial charge in [-0.1, -0.05) is 6.07 Å². The number of aromatic nitrogens is 2. The molecule has 0 radical (unpaired) electrons. The lowest BCUT2D eigenvalue weighted by atomic mass is 10.1. The number of pyridine rings is 1. The van der Waals surface area contributed by atoms with Crippen LogP contribution < -0.4 is 10.1 Å². The van der Waals surface area contributed by atoms with Crippen molar-refractivity contribution in [2.75, 3.05) is 13.7 Å². The first-order valence-corrected chi connectivity index (χ1v) is 7.54. The van der Waals surface area contributed by atoms with Crippen molar-refractivity contribution < 1.29 is 4.74 Å². The summed E-state index contributed by atoms with van der Waals surface area (Å²) in [4.78, 5) is 7.76. The van der Waals surface area contributed by atoms with E-state index >= 15 is 0 Å². The Morgan fingerprint density at radius 3 is 2.91 bits per heavy atom. The average molecular weight is 295 g/mol. The molecule has 0 aliphatic heterocycles. The fraction of sp³-hybridized carbons (Fsp3) is 0.278. The van der Waals surface area contributed by atoms with Gasteiger partial charge in [-0.05, 0) is 55.8 Å². The van der Waals surface area contributed by atoms with Crippen molar-refractivity contribution >= 4 is 10.9 Å². The van der Waals surface area contributed by atoms with Gasteiger partial charge in [0.25, 0.3) is 0 Å². The number of nitrogens with zero attached hydrogens (tertiary/aromatic N) is 1. The lowest BCUT2D eigenvalue weighted by molar-refractivity contribution is 0.415. The molecule has 0 atom stereocenters. The minimum atomic E-state index is 0.797. The van der Waals surface area contributed by atoms with Gasteiger partial charge in [0.2, 0.25) is 0 Å². The van der Waals surface area contributed by atoms with Crippen LogP contribution in [0.25, 0.3) is 10.9 Å². The molecule has 4 heteroatoms. The summed E-state index contributed by atoms with van der Waals surface area (Å²) in [5.74, 6) is 0.897. The molecule has 114 valence electrons. The van der Waals surface area contributed by atoms with E-state index in [-0.39, 0.29) is 0 Å². The molecule has 0 amide bonds. The number of fused-ring (bicyclic) bond motifs is 1. The zero-order chi connectivity index (χ0) is 15.4. The average Bonchev–Trinajstić information content (AvgIpc) is 2.87. The Morgan fingerprint density at radius 1 is 1.23 bits per heavy atom. The predicted molar refractivity (Wildman–Crippen MR) is 89.2 cm³/mol. The van der Waals surface area contributed by atoms with E-state index in [0.717, 1.165) is 36.5 Å². The van der Waals surface area contributed by atoms with E-state index in [4.69, 9.17) is 4.74 Å². The summed E-state index contributed by atoms with van der Waals surface area (Å²) in [6.07, 6.45) is 2.80. The van der Waals surface area contributed by atoms with E-state index in [9.17, 15) is 0 Å². The van der Waals surface area contributed by atoms with Gasteiger partial charge >= 0.3 is 0 Å². The number of hydrogen-bond acceptors (Lipinski definition) is 3. The van der Waals surface area contributed by atoms with Gasteiger partial charge in [0.05, 0.1) is 12.8 Å². The number of aryl methyl sites for hydroxylation is 1. The smallest absolute Gasteiger partial charge is 0.119 e. The molecule has 0 saturated carbocycles. The van der Waals surface area contributed by atoms with Crippen LogP contribution in [0.2, 0.25) is 0 Å². The standard InChI is InChI=1S/C18H21N3O/c1-13-16(8-10-19-12-14-5-3-4-9-20-14)17-11-15(22-2)6-7-18(17)21-13/h3-7,9,11,19,21H,8,10,12H2,1-2H3. The van der Waals surface area contributed by atoms with Crippen molar-refractivity contribution in [1.82, 2.24) is 15.3 Å². The van der Waals surface area contributed by atoms with E-state index in [1.165, 1.54) is 16.6 Å². The van der Waals surface area contributed by atoms with E-state index in [0.29, 0.717) is 0 Å². The van der Waals surface area contributed by atoms with Crippen LogP contribution in [-0.4, -0.2) is 23.6 Å². The summed E-state index contributed by atoms with van der Waals surface area (Å²) >= 11 is 0. The van der Waals surface area contributed by atoms with Crippen LogP contribution in [0.5, 0.6) is 5.75 Å². The molecule has 0 saturated heterocycles. The number of ether oxygens (including phenoxy) is 1. The zero-order valence-electron chi connectivity index (χ0n) is 13.0. The number of aromatic amines is 1. The largest absolute Gasteiger partial charge is 0.497 e. The maximum atomic E-state index is 5.33. The van der Waals surface area contributed by atoms with Gasteiger partial charge in [-0.15, -0.1) is 0 Å². The number of hydrogen-bond donors (Lipinski definition) is 2. The van der Waals surface area contributed by atoms with Crippen molar-refractivity contribution in [1.29, 1.82) is 0 Å². The topological polar surface area (TPSA) is 49.9 Å². The SMILES string of the molecule is COc1ccc2[nH]c(C)c(CCNCc3ccccn3)c2c1.